The Hall–Kier alpha value is -4.33. The molecule has 1 fully saturated rings. The first kappa shape index (κ1) is 28.7. The van der Waals surface area contributed by atoms with Gasteiger partial charge in [-0.05, 0) is 86.2 Å². The molecular weight excluding hydrogens is 508 g/mol. The molecule has 3 aromatic carbocycles. The number of nitrogens with one attached hydrogen (secondary N) is 2. The van der Waals surface area contributed by atoms with Gasteiger partial charge in [0.1, 0.15) is 17.2 Å². The Bertz CT molecular complexity index is 1340. The number of aryl methyl sites for hydroxylation is 1. The number of hydrogen-bond donors (Lipinski definition) is 3. The highest BCUT2D eigenvalue weighted by atomic mass is 16.5. The van der Waals surface area contributed by atoms with Gasteiger partial charge in [-0.15, -0.1) is 0 Å². The number of carbonyl (C=O) groups is 3. The van der Waals surface area contributed by atoms with Crippen LogP contribution in [0.25, 0.3) is 0 Å². The molecule has 4 rings (SSSR count). The summed E-state index contributed by atoms with van der Waals surface area (Å²) in [5.41, 5.74) is 2.06. The second-order valence-corrected chi connectivity index (χ2v) is 10.5. The number of aromatic carboxylic acids is 1. The van der Waals surface area contributed by atoms with Gasteiger partial charge in [-0.1, -0.05) is 38.1 Å². The van der Waals surface area contributed by atoms with E-state index in [4.69, 9.17) is 9.47 Å². The molecule has 2 amide bonds. The highest BCUT2D eigenvalue weighted by molar-refractivity contribution is 6.01. The van der Waals surface area contributed by atoms with E-state index in [1.165, 1.54) is 6.07 Å². The summed E-state index contributed by atoms with van der Waals surface area (Å²) in [5, 5.41) is 15.1. The number of carboxylic acid groups (broad SMARTS) is 1. The van der Waals surface area contributed by atoms with E-state index >= 15 is 0 Å². The Morgan fingerprint density at radius 1 is 0.925 bits per heavy atom. The van der Waals surface area contributed by atoms with Crippen LogP contribution in [0.1, 0.15) is 61.0 Å². The van der Waals surface area contributed by atoms with Crippen LogP contribution < -0.4 is 20.1 Å². The maximum atomic E-state index is 12.5. The number of benzene rings is 3. The zero-order valence-corrected chi connectivity index (χ0v) is 23.1. The van der Waals surface area contributed by atoms with Crippen LogP contribution in [0.2, 0.25) is 0 Å². The molecule has 0 bridgehead atoms. The number of carboxylic acids is 1. The van der Waals surface area contributed by atoms with Crippen LogP contribution in [0.4, 0.5) is 5.69 Å². The lowest BCUT2D eigenvalue weighted by molar-refractivity contribution is -0.125. The van der Waals surface area contributed by atoms with Crippen LogP contribution >= 0.6 is 0 Å². The minimum absolute atomic E-state index is 0.00240. The number of ether oxygens (including phenoxy) is 2. The van der Waals surface area contributed by atoms with E-state index in [1.807, 2.05) is 51.1 Å². The van der Waals surface area contributed by atoms with E-state index in [0.717, 1.165) is 42.6 Å². The lowest BCUT2D eigenvalue weighted by atomic mass is 9.92. The highest BCUT2D eigenvalue weighted by Gasteiger charge is 2.24. The van der Waals surface area contributed by atoms with E-state index in [1.54, 1.807) is 30.3 Å². The van der Waals surface area contributed by atoms with Crippen molar-refractivity contribution >= 4 is 23.5 Å². The Balaban J connectivity index is 1.27. The molecule has 0 spiro atoms. The average Bonchev–Trinajstić information content (AvgIpc) is 2.92. The van der Waals surface area contributed by atoms with Gasteiger partial charge in [0.2, 0.25) is 11.8 Å². The first-order chi connectivity index (χ1) is 19.2. The molecule has 3 aromatic rings. The summed E-state index contributed by atoms with van der Waals surface area (Å²) < 4.78 is 12.3. The minimum Gasteiger partial charge on any atom is -0.490 e. The summed E-state index contributed by atoms with van der Waals surface area (Å²) in [7, 11) is 0. The van der Waals surface area contributed by atoms with E-state index in [0.29, 0.717) is 11.5 Å². The van der Waals surface area contributed by atoms with Gasteiger partial charge >= 0.3 is 5.97 Å². The van der Waals surface area contributed by atoms with Gasteiger partial charge in [0.15, 0.2) is 0 Å². The van der Waals surface area contributed by atoms with E-state index in [-0.39, 0.29) is 47.5 Å². The molecule has 8 heteroatoms. The van der Waals surface area contributed by atoms with Crippen molar-refractivity contribution in [2.24, 2.45) is 5.92 Å². The number of anilines is 1. The summed E-state index contributed by atoms with van der Waals surface area (Å²) >= 11 is 0. The fourth-order valence-corrected chi connectivity index (χ4v) is 4.66. The van der Waals surface area contributed by atoms with Gasteiger partial charge in [0, 0.05) is 12.0 Å². The van der Waals surface area contributed by atoms with Gasteiger partial charge in [0.05, 0.1) is 23.8 Å². The first-order valence-electron chi connectivity index (χ1n) is 13.6. The van der Waals surface area contributed by atoms with Crippen molar-refractivity contribution in [3.8, 4) is 17.2 Å². The second kappa shape index (κ2) is 13.2. The van der Waals surface area contributed by atoms with Crippen LogP contribution in [0, 0.1) is 12.8 Å². The van der Waals surface area contributed by atoms with Gasteiger partial charge in [-0.2, -0.15) is 0 Å². The van der Waals surface area contributed by atoms with Crippen molar-refractivity contribution in [3.63, 3.8) is 0 Å². The van der Waals surface area contributed by atoms with E-state index in [9.17, 15) is 19.5 Å². The Morgan fingerprint density at radius 3 is 2.25 bits per heavy atom. The summed E-state index contributed by atoms with van der Waals surface area (Å²) in [5.74, 6) is 0.849. The van der Waals surface area contributed by atoms with Gasteiger partial charge in [0.25, 0.3) is 0 Å². The molecular formula is C32H36N2O6. The monoisotopic (exact) mass is 544 g/mol. The number of hydrogen-bond acceptors (Lipinski definition) is 5. The van der Waals surface area contributed by atoms with Crippen LogP contribution in [-0.2, 0) is 16.0 Å². The fourth-order valence-electron chi connectivity index (χ4n) is 4.66. The Kier molecular flexibility index (Phi) is 9.43. The standard InChI is InChI=1S/C32H36N2O6/c1-20(2)31(36)33-23-10-14-25(15-11-23)40-29-17-16-26(18-21(29)3)39-24-12-8-22(9-13-24)19-30(35)34-28-7-5-4-6-27(28)32(37)38/h4-9,12-13,16-18,20,23,25H,10-11,14-15,19H2,1-3H3,(H,33,36)(H,34,35)(H,37,38). The van der Waals surface area contributed by atoms with Crippen molar-refractivity contribution in [2.45, 2.75) is 65.0 Å². The molecule has 1 saturated carbocycles. The largest absolute Gasteiger partial charge is 0.490 e. The van der Waals surface area contributed by atoms with Crippen LogP contribution in [0.5, 0.6) is 17.2 Å². The molecule has 0 radical (unpaired) electrons. The van der Waals surface area contributed by atoms with Crippen molar-refractivity contribution < 1.29 is 29.0 Å². The molecule has 0 aromatic heterocycles. The molecule has 0 saturated heterocycles. The summed E-state index contributed by atoms with van der Waals surface area (Å²) in [6.07, 6.45) is 3.85. The lowest BCUT2D eigenvalue weighted by Gasteiger charge is -2.30. The van der Waals surface area contributed by atoms with Crippen molar-refractivity contribution in [1.29, 1.82) is 0 Å². The van der Waals surface area contributed by atoms with Crippen LogP contribution in [-0.4, -0.2) is 35.0 Å². The van der Waals surface area contributed by atoms with Crippen LogP contribution in [0.15, 0.2) is 66.7 Å². The predicted molar refractivity (Wildman–Crippen MR) is 153 cm³/mol. The third-order valence-corrected chi connectivity index (χ3v) is 6.94. The smallest absolute Gasteiger partial charge is 0.337 e. The number of amides is 2. The molecule has 210 valence electrons. The fraction of sp³-hybridized carbons (Fsp3) is 0.344. The number of carbonyl (C=O) groups excluding carboxylic acids is 2. The predicted octanol–water partition coefficient (Wildman–Crippen LogP) is 6.13. The zero-order chi connectivity index (χ0) is 28.6. The molecule has 0 heterocycles. The minimum atomic E-state index is -1.09. The molecule has 0 aliphatic heterocycles. The molecule has 3 N–H and O–H groups in total. The van der Waals surface area contributed by atoms with Gasteiger partial charge in [-0.25, -0.2) is 4.79 Å². The topological polar surface area (TPSA) is 114 Å². The third kappa shape index (κ3) is 7.85. The summed E-state index contributed by atoms with van der Waals surface area (Å²) in [6.45, 7) is 5.80. The quantitative estimate of drug-likeness (QED) is 0.283. The zero-order valence-electron chi connectivity index (χ0n) is 23.1. The lowest BCUT2D eigenvalue weighted by Crippen LogP contribution is -2.41. The highest BCUT2D eigenvalue weighted by Crippen LogP contribution is 2.31. The summed E-state index contributed by atoms with van der Waals surface area (Å²) in [4.78, 5) is 35.8. The maximum absolute atomic E-state index is 12.5. The Morgan fingerprint density at radius 2 is 1.60 bits per heavy atom. The molecule has 0 unspecified atom stereocenters. The Labute approximate surface area is 234 Å². The second-order valence-electron chi connectivity index (χ2n) is 10.5. The van der Waals surface area contributed by atoms with Crippen molar-refractivity contribution in [3.05, 3.63) is 83.4 Å². The maximum Gasteiger partial charge on any atom is 0.337 e. The van der Waals surface area contributed by atoms with E-state index < -0.39 is 5.97 Å². The first-order valence-corrected chi connectivity index (χ1v) is 13.6. The van der Waals surface area contributed by atoms with Crippen molar-refractivity contribution in [1.82, 2.24) is 5.32 Å². The van der Waals surface area contributed by atoms with Gasteiger partial charge < -0.3 is 25.2 Å². The molecule has 8 nitrogen and oxygen atoms in total. The SMILES string of the molecule is Cc1cc(Oc2ccc(CC(=O)Nc3ccccc3C(=O)O)cc2)ccc1OC1CCC(NC(=O)C(C)C)CC1. The van der Waals surface area contributed by atoms with Crippen LogP contribution in [0.3, 0.4) is 0 Å². The molecule has 1 aliphatic rings. The third-order valence-electron chi connectivity index (χ3n) is 6.94. The molecule has 1 aliphatic carbocycles. The van der Waals surface area contributed by atoms with Gasteiger partial charge in [-0.3, -0.25) is 9.59 Å². The molecule has 40 heavy (non-hydrogen) atoms. The van der Waals surface area contributed by atoms with E-state index in [2.05, 4.69) is 10.6 Å². The number of rotatable bonds is 10. The molecule has 0 atom stereocenters. The number of para-hydroxylation sites is 1. The van der Waals surface area contributed by atoms with Crippen molar-refractivity contribution in [2.75, 3.05) is 5.32 Å². The average molecular weight is 545 g/mol. The normalized spacial score (nSPS) is 16.7. The summed E-state index contributed by atoms with van der Waals surface area (Å²) in [6, 6.07) is 19.5.